The molecule has 0 bridgehead atoms. The molecule has 0 atom stereocenters. The van der Waals surface area contributed by atoms with Gasteiger partial charge in [0.15, 0.2) is 0 Å². The SMILES string of the molecule is COc1cccc(CNC(=O)c2ccc3nc4ccccc4c(=O)n3c2)c1. The highest BCUT2D eigenvalue weighted by atomic mass is 16.5. The first-order chi connectivity index (χ1) is 13.2. The van der Waals surface area contributed by atoms with Gasteiger partial charge in [-0.05, 0) is 42.0 Å². The van der Waals surface area contributed by atoms with Crippen LogP contribution in [0, 0.1) is 0 Å². The van der Waals surface area contributed by atoms with Gasteiger partial charge in [-0.1, -0.05) is 24.3 Å². The van der Waals surface area contributed by atoms with Crippen LogP contribution in [0.5, 0.6) is 5.75 Å². The first-order valence-corrected chi connectivity index (χ1v) is 8.48. The first-order valence-electron chi connectivity index (χ1n) is 8.48. The Hall–Kier alpha value is -3.67. The van der Waals surface area contributed by atoms with Gasteiger partial charge in [-0.15, -0.1) is 0 Å². The molecule has 4 aromatic rings. The number of nitrogens with one attached hydrogen (secondary N) is 1. The van der Waals surface area contributed by atoms with Crippen LogP contribution in [0.4, 0.5) is 0 Å². The van der Waals surface area contributed by atoms with E-state index in [0.717, 1.165) is 11.3 Å². The van der Waals surface area contributed by atoms with Gasteiger partial charge in [0.05, 0.1) is 23.6 Å². The average Bonchev–Trinajstić information content (AvgIpc) is 2.72. The summed E-state index contributed by atoms with van der Waals surface area (Å²) in [6.45, 7) is 0.360. The highest BCUT2D eigenvalue weighted by Crippen LogP contribution is 2.13. The summed E-state index contributed by atoms with van der Waals surface area (Å²) in [5.41, 5.74) is 2.26. The molecule has 0 fully saturated rings. The van der Waals surface area contributed by atoms with E-state index < -0.39 is 0 Å². The molecule has 6 nitrogen and oxygen atoms in total. The molecule has 0 spiro atoms. The van der Waals surface area contributed by atoms with Gasteiger partial charge < -0.3 is 10.1 Å². The number of rotatable bonds is 4. The Kier molecular flexibility index (Phi) is 4.30. The second-order valence-electron chi connectivity index (χ2n) is 6.11. The van der Waals surface area contributed by atoms with E-state index >= 15 is 0 Å². The Morgan fingerprint density at radius 2 is 1.96 bits per heavy atom. The second-order valence-corrected chi connectivity index (χ2v) is 6.11. The number of carbonyl (C=O) groups is 1. The van der Waals surface area contributed by atoms with Gasteiger partial charge in [-0.3, -0.25) is 14.0 Å². The molecule has 0 aliphatic rings. The number of hydrogen-bond acceptors (Lipinski definition) is 4. The van der Waals surface area contributed by atoms with Crippen LogP contribution in [-0.4, -0.2) is 22.4 Å². The van der Waals surface area contributed by atoms with Gasteiger partial charge in [0, 0.05) is 12.7 Å². The number of aromatic nitrogens is 2. The summed E-state index contributed by atoms with van der Waals surface area (Å²) in [5, 5.41) is 3.38. The summed E-state index contributed by atoms with van der Waals surface area (Å²) in [4.78, 5) is 29.7. The second kappa shape index (κ2) is 6.92. The number of fused-ring (bicyclic) bond motifs is 2. The zero-order chi connectivity index (χ0) is 18.8. The van der Waals surface area contributed by atoms with Crippen LogP contribution in [0.25, 0.3) is 16.6 Å². The lowest BCUT2D eigenvalue weighted by Crippen LogP contribution is -2.24. The third kappa shape index (κ3) is 3.25. The van der Waals surface area contributed by atoms with E-state index in [2.05, 4.69) is 10.3 Å². The molecule has 4 rings (SSSR count). The third-order valence-corrected chi connectivity index (χ3v) is 4.36. The normalized spacial score (nSPS) is 10.9. The molecule has 6 heteroatoms. The van der Waals surface area contributed by atoms with Crippen molar-refractivity contribution in [3.63, 3.8) is 0 Å². The van der Waals surface area contributed by atoms with Crippen molar-refractivity contribution in [1.29, 1.82) is 0 Å². The van der Waals surface area contributed by atoms with E-state index in [0.29, 0.717) is 28.7 Å². The molecule has 2 aromatic heterocycles. The number of carbonyl (C=O) groups excluding carboxylic acids is 1. The highest BCUT2D eigenvalue weighted by molar-refractivity contribution is 5.94. The lowest BCUT2D eigenvalue weighted by molar-refractivity contribution is 0.0950. The Morgan fingerprint density at radius 1 is 1.11 bits per heavy atom. The summed E-state index contributed by atoms with van der Waals surface area (Å²) in [6.07, 6.45) is 1.53. The fraction of sp³-hybridized carbons (Fsp3) is 0.0952. The maximum Gasteiger partial charge on any atom is 0.265 e. The maximum atomic E-state index is 12.7. The van der Waals surface area contributed by atoms with Gasteiger partial charge in [0.1, 0.15) is 11.4 Å². The van der Waals surface area contributed by atoms with Crippen molar-refractivity contribution in [2.45, 2.75) is 6.54 Å². The van der Waals surface area contributed by atoms with Crippen molar-refractivity contribution in [1.82, 2.24) is 14.7 Å². The first kappa shape index (κ1) is 16.8. The summed E-state index contributed by atoms with van der Waals surface area (Å²) >= 11 is 0. The third-order valence-electron chi connectivity index (χ3n) is 4.36. The molecule has 134 valence electrons. The van der Waals surface area contributed by atoms with Crippen LogP contribution in [0.1, 0.15) is 15.9 Å². The number of nitrogens with zero attached hydrogens (tertiary/aromatic N) is 2. The van der Waals surface area contributed by atoms with Crippen molar-refractivity contribution >= 4 is 22.5 Å². The molecular weight excluding hydrogens is 342 g/mol. The van der Waals surface area contributed by atoms with Crippen molar-refractivity contribution in [2.75, 3.05) is 7.11 Å². The number of amides is 1. The molecule has 0 aliphatic carbocycles. The molecule has 27 heavy (non-hydrogen) atoms. The predicted molar refractivity (Wildman–Crippen MR) is 103 cm³/mol. The molecule has 0 unspecified atom stereocenters. The number of benzene rings is 2. The Morgan fingerprint density at radius 3 is 2.81 bits per heavy atom. The molecule has 2 aromatic carbocycles. The minimum absolute atomic E-state index is 0.196. The van der Waals surface area contributed by atoms with Gasteiger partial charge in [-0.25, -0.2) is 4.98 Å². The topological polar surface area (TPSA) is 72.7 Å². The van der Waals surface area contributed by atoms with Crippen LogP contribution >= 0.6 is 0 Å². The van der Waals surface area contributed by atoms with Gasteiger partial charge in [0.2, 0.25) is 0 Å². The fourth-order valence-corrected chi connectivity index (χ4v) is 2.95. The number of hydrogen-bond donors (Lipinski definition) is 1. The average molecular weight is 359 g/mol. The minimum Gasteiger partial charge on any atom is -0.497 e. The summed E-state index contributed by atoms with van der Waals surface area (Å²) in [6, 6.07) is 18.0. The zero-order valence-electron chi connectivity index (χ0n) is 14.7. The zero-order valence-corrected chi connectivity index (χ0v) is 14.7. The highest BCUT2D eigenvalue weighted by Gasteiger charge is 2.10. The number of methoxy groups -OCH3 is 1. The van der Waals surface area contributed by atoms with Crippen LogP contribution in [0.2, 0.25) is 0 Å². The number of para-hydroxylation sites is 1. The molecule has 1 amide bonds. The van der Waals surface area contributed by atoms with Crippen molar-refractivity contribution in [3.05, 3.63) is 88.3 Å². The Bertz CT molecular complexity index is 1210. The van der Waals surface area contributed by atoms with Crippen LogP contribution in [0.15, 0.2) is 71.7 Å². The van der Waals surface area contributed by atoms with Gasteiger partial charge in [0.25, 0.3) is 11.5 Å². The standard InChI is InChI=1S/C21H17N3O3/c1-27-16-6-4-5-14(11-16)12-22-20(25)15-9-10-19-23-18-8-3-2-7-17(18)21(26)24(19)13-15/h2-11,13H,12H2,1H3,(H,22,25). The predicted octanol–water partition coefficient (Wildman–Crippen LogP) is 2.79. The van der Waals surface area contributed by atoms with E-state index in [1.54, 1.807) is 37.4 Å². The van der Waals surface area contributed by atoms with E-state index in [9.17, 15) is 9.59 Å². The van der Waals surface area contributed by atoms with Crippen LogP contribution in [0.3, 0.4) is 0 Å². The van der Waals surface area contributed by atoms with E-state index in [1.165, 1.54) is 10.6 Å². The van der Waals surface area contributed by atoms with E-state index in [4.69, 9.17) is 4.74 Å². The Balaban J connectivity index is 1.63. The maximum absolute atomic E-state index is 12.7. The quantitative estimate of drug-likeness (QED) is 0.569. The molecule has 1 N–H and O–H groups in total. The molecule has 0 saturated carbocycles. The minimum atomic E-state index is -0.264. The summed E-state index contributed by atoms with van der Waals surface area (Å²) in [7, 11) is 1.60. The molecular formula is C21H17N3O3. The smallest absolute Gasteiger partial charge is 0.265 e. The van der Waals surface area contributed by atoms with Crippen LogP contribution < -0.4 is 15.6 Å². The molecule has 2 heterocycles. The lowest BCUT2D eigenvalue weighted by atomic mass is 10.2. The van der Waals surface area contributed by atoms with Crippen molar-refractivity contribution < 1.29 is 9.53 Å². The fourth-order valence-electron chi connectivity index (χ4n) is 2.95. The van der Waals surface area contributed by atoms with Crippen molar-refractivity contribution in [2.24, 2.45) is 0 Å². The summed E-state index contributed by atoms with van der Waals surface area (Å²) in [5.74, 6) is 0.469. The summed E-state index contributed by atoms with van der Waals surface area (Å²) < 4.78 is 6.59. The lowest BCUT2D eigenvalue weighted by Gasteiger charge is -2.08. The molecule has 0 radical (unpaired) electrons. The molecule has 0 aliphatic heterocycles. The van der Waals surface area contributed by atoms with Crippen LogP contribution in [-0.2, 0) is 6.54 Å². The largest absolute Gasteiger partial charge is 0.497 e. The monoisotopic (exact) mass is 359 g/mol. The molecule has 0 saturated heterocycles. The van der Waals surface area contributed by atoms with Gasteiger partial charge in [-0.2, -0.15) is 0 Å². The number of ether oxygens (including phenoxy) is 1. The van der Waals surface area contributed by atoms with Crippen molar-refractivity contribution in [3.8, 4) is 5.75 Å². The van der Waals surface area contributed by atoms with E-state index in [1.807, 2.05) is 30.3 Å². The number of pyridine rings is 1. The van der Waals surface area contributed by atoms with E-state index in [-0.39, 0.29) is 11.5 Å². The van der Waals surface area contributed by atoms with Gasteiger partial charge >= 0.3 is 0 Å². The Labute approximate surface area is 155 Å².